The first-order chi connectivity index (χ1) is 14.5. The Labute approximate surface area is 171 Å². The number of ether oxygens (including phenoxy) is 1. The van der Waals surface area contributed by atoms with E-state index in [9.17, 15) is 14.0 Å². The molecule has 2 aliphatic heterocycles. The minimum absolute atomic E-state index is 0.281. The van der Waals surface area contributed by atoms with Crippen LogP contribution in [0.2, 0.25) is 0 Å². The van der Waals surface area contributed by atoms with E-state index in [4.69, 9.17) is 14.4 Å². The molecule has 2 aliphatic rings. The maximum absolute atomic E-state index is 14.8. The quantitative estimate of drug-likeness (QED) is 0.740. The van der Waals surface area contributed by atoms with Gasteiger partial charge < -0.3 is 24.6 Å². The van der Waals surface area contributed by atoms with Crippen molar-refractivity contribution in [3.8, 4) is 0 Å². The zero-order valence-corrected chi connectivity index (χ0v) is 16.1. The highest BCUT2D eigenvalue weighted by Crippen LogP contribution is 2.29. The molecule has 1 aromatic carbocycles. The number of halogens is 1. The third kappa shape index (κ3) is 4.13. The van der Waals surface area contributed by atoms with Crippen LogP contribution < -0.4 is 10.2 Å². The minimum atomic E-state index is -0.538. The molecular formula is C20H21FN4O5. The number of carbonyl (C=O) groups excluding carboxylic acids is 2. The first-order valence-corrected chi connectivity index (χ1v) is 9.55. The predicted octanol–water partition coefficient (Wildman–Crippen LogP) is 1.86. The van der Waals surface area contributed by atoms with Gasteiger partial charge in [-0.15, -0.1) is 0 Å². The third-order valence-electron chi connectivity index (χ3n) is 5.13. The van der Waals surface area contributed by atoms with E-state index in [0.29, 0.717) is 43.1 Å². The van der Waals surface area contributed by atoms with Gasteiger partial charge in [0, 0.05) is 24.7 Å². The Morgan fingerprint density at radius 1 is 1.37 bits per heavy atom. The second-order valence-electron chi connectivity index (χ2n) is 7.02. The van der Waals surface area contributed by atoms with Gasteiger partial charge in [0.1, 0.15) is 24.8 Å². The van der Waals surface area contributed by atoms with Gasteiger partial charge in [-0.25, -0.2) is 9.18 Å². The van der Waals surface area contributed by atoms with Crippen LogP contribution in [0.3, 0.4) is 0 Å². The fraction of sp³-hybridized carbons (Fsp3) is 0.350. The lowest BCUT2D eigenvalue weighted by Crippen LogP contribution is -2.36. The SMILES string of the molecule is O=C(CO)N1CC=C(c2ccc(N3C[C@H](CNc4ccon4)OC3=O)cc2F)CC1. The molecule has 10 heteroatoms. The zero-order valence-electron chi connectivity index (χ0n) is 16.1. The Bertz CT molecular complexity index is 962. The standard InChI is InChI=1S/C20H21FN4O5/c21-17-9-14(1-2-16(17)13-3-6-24(7-4-13)19(27)12-26)25-11-15(30-20(25)28)10-22-18-5-8-29-23-18/h1-3,5,8-9,15,26H,4,6-7,10-12H2,(H,22,23)/t15-/m0/s1. The van der Waals surface area contributed by atoms with Gasteiger partial charge in [0.25, 0.3) is 0 Å². The number of anilines is 2. The van der Waals surface area contributed by atoms with Gasteiger partial charge in [0.05, 0.1) is 18.8 Å². The number of aliphatic hydroxyl groups excluding tert-OH is 1. The molecule has 3 heterocycles. The Morgan fingerprint density at radius 2 is 2.23 bits per heavy atom. The summed E-state index contributed by atoms with van der Waals surface area (Å²) in [6, 6.07) is 6.28. The van der Waals surface area contributed by atoms with Gasteiger partial charge in [-0.05, 0) is 30.2 Å². The zero-order chi connectivity index (χ0) is 21.1. The summed E-state index contributed by atoms with van der Waals surface area (Å²) in [7, 11) is 0. The maximum Gasteiger partial charge on any atom is 0.414 e. The van der Waals surface area contributed by atoms with E-state index < -0.39 is 24.6 Å². The number of aliphatic hydroxyl groups is 1. The number of nitrogens with one attached hydrogen (secondary N) is 1. The molecule has 1 fully saturated rings. The molecule has 0 unspecified atom stereocenters. The van der Waals surface area contributed by atoms with Crippen molar-refractivity contribution in [1.82, 2.24) is 10.1 Å². The second-order valence-corrected chi connectivity index (χ2v) is 7.02. The van der Waals surface area contributed by atoms with Crippen LogP contribution in [0.1, 0.15) is 12.0 Å². The van der Waals surface area contributed by atoms with Gasteiger partial charge >= 0.3 is 6.09 Å². The van der Waals surface area contributed by atoms with Crippen LogP contribution in [-0.2, 0) is 9.53 Å². The van der Waals surface area contributed by atoms with Crippen LogP contribution in [0.25, 0.3) is 5.57 Å². The summed E-state index contributed by atoms with van der Waals surface area (Å²) in [6.45, 7) is 0.849. The lowest BCUT2D eigenvalue weighted by atomic mass is 9.98. The molecule has 1 aromatic heterocycles. The lowest BCUT2D eigenvalue weighted by molar-refractivity contribution is -0.133. The smallest absolute Gasteiger partial charge is 0.414 e. The fourth-order valence-corrected chi connectivity index (χ4v) is 3.53. The first-order valence-electron chi connectivity index (χ1n) is 9.55. The number of cyclic esters (lactones) is 1. The van der Waals surface area contributed by atoms with E-state index in [1.54, 1.807) is 24.3 Å². The van der Waals surface area contributed by atoms with Crippen molar-refractivity contribution in [3.05, 3.63) is 48.0 Å². The lowest BCUT2D eigenvalue weighted by Gasteiger charge is -2.26. The summed E-state index contributed by atoms with van der Waals surface area (Å²) in [5, 5.41) is 15.7. The maximum atomic E-state index is 14.8. The van der Waals surface area contributed by atoms with Crippen LogP contribution >= 0.6 is 0 Å². The van der Waals surface area contributed by atoms with Crippen LogP contribution in [-0.4, -0.2) is 66.1 Å². The summed E-state index contributed by atoms with van der Waals surface area (Å²) in [5.74, 6) is -0.251. The molecule has 1 saturated heterocycles. The van der Waals surface area contributed by atoms with E-state index in [1.807, 2.05) is 0 Å². The highest BCUT2D eigenvalue weighted by molar-refractivity contribution is 5.90. The Morgan fingerprint density at radius 3 is 2.90 bits per heavy atom. The third-order valence-corrected chi connectivity index (χ3v) is 5.13. The molecule has 9 nitrogen and oxygen atoms in total. The molecule has 0 aliphatic carbocycles. The van der Waals surface area contributed by atoms with Crippen LogP contribution in [0.4, 0.5) is 20.7 Å². The molecule has 158 valence electrons. The highest BCUT2D eigenvalue weighted by atomic mass is 19.1. The summed E-state index contributed by atoms with van der Waals surface area (Å²) >= 11 is 0. The van der Waals surface area contributed by atoms with Crippen molar-refractivity contribution in [3.63, 3.8) is 0 Å². The molecule has 0 spiro atoms. The van der Waals surface area contributed by atoms with Crippen molar-refractivity contribution in [2.45, 2.75) is 12.5 Å². The Kier molecular flexibility index (Phi) is 5.66. The van der Waals surface area contributed by atoms with E-state index in [2.05, 4.69) is 10.5 Å². The molecule has 0 radical (unpaired) electrons. The van der Waals surface area contributed by atoms with Gasteiger partial charge in [0.15, 0.2) is 5.82 Å². The Hall–Kier alpha value is -3.40. The van der Waals surface area contributed by atoms with Gasteiger partial charge in [-0.1, -0.05) is 11.2 Å². The monoisotopic (exact) mass is 416 g/mol. The van der Waals surface area contributed by atoms with Crippen molar-refractivity contribution in [1.29, 1.82) is 0 Å². The van der Waals surface area contributed by atoms with Gasteiger partial charge in [-0.2, -0.15) is 0 Å². The molecule has 2 N–H and O–H groups in total. The van der Waals surface area contributed by atoms with Crippen LogP contribution in [0, 0.1) is 5.82 Å². The normalized spacial score (nSPS) is 18.9. The average molecular weight is 416 g/mol. The summed E-state index contributed by atoms with van der Waals surface area (Å²) in [5.41, 5.74) is 1.64. The number of nitrogens with zero attached hydrogens (tertiary/aromatic N) is 3. The Balaban J connectivity index is 1.41. The molecule has 2 amide bonds. The molecule has 4 rings (SSSR count). The van der Waals surface area contributed by atoms with Crippen LogP contribution in [0.15, 0.2) is 41.1 Å². The number of amides is 2. The van der Waals surface area contributed by atoms with Crippen molar-refractivity contribution < 1.29 is 28.3 Å². The minimum Gasteiger partial charge on any atom is -0.442 e. The van der Waals surface area contributed by atoms with Crippen molar-refractivity contribution >= 4 is 29.1 Å². The number of benzene rings is 1. The summed E-state index contributed by atoms with van der Waals surface area (Å²) < 4.78 is 24.9. The number of hydrogen-bond acceptors (Lipinski definition) is 7. The molecule has 2 aromatic rings. The largest absolute Gasteiger partial charge is 0.442 e. The molecule has 30 heavy (non-hydrogen) atoms. The van der Waals surface area contributed by atoms with E-state index >= 15 is 0 Å². The molecule has 0 saturated carbocycles. The van der Waals surface area contributed by atoms with Crippen molar-refractivity contribution in [2.24, 2.45) is 0 Å². The average Bonchev–Trinajstić information content (AvgIpc) is 3.41. The van der Waals surface area contributed by atoms with Gasteiger partial charge in [0.2, 0.25) is 5.91 Å². The molecule has 0 bridgehead atoms. The second kappa shape index (κ2) is 8.54. The highest BCUT2D eigenvalue weighted by Gasteiger charge is 2.33. The van der Waals surface area contributed by atoms with Crippen molar-refractivity contribution in [2.75, 3.05) is 43.0 Å². The van der Waals surface area contributed by atoms with E-state index in [1.165, 1.54) is 22.1 Å². The summed E-state index contributed by atoms with van der Waals surface area (Å²) in [4.78, 5) is 26.7. The first kappa shape index (κ1) is 19.9. The number of carbonyl (C=O) groups is 2. The summed E-state index contributed by atoms with van der Waals surface area (Å²) in [6.07, 6.45) is 2.76. The van der Waals surface area contributed by atoms with Crippen LogP contribution in [0.5, 0.6) is 0 Å². The number of aromatic nitrogens is 1. The number of hydrogen-bond donors (Lipinski definition) is 2. The van der Waals surface area contributed by atoms with Gasteiger partial charge in [-0.3, -0.25) is 9.69 Å². The van der Waals surface area contributed by atoms with E-state index in [-0.39, 0.29) is 12.5 Å². The topological polar surface area (TPSA) is 108 Å². The van der Waals surface area contributed by atoms with E-state index in [0.717, 1.165) is 5.57 Å². The number of rotatable bonds is 6. The molecular weight excluding hydrogens is 395 g/mol. The fourth-order valence-electron chi connectivity index (χ4n) is 3.53. The predicted molar refractivity (Wildman–Crippen MR) is 105 cm³/mol. The molecule has 1 atom stereocenters.